The first-order chi connectivity index (χ1) is 16.7. The van der Waals surface area contributed by atoms with Crippen LogP contribution in [0, 0.1) is 5.82 Å². The van der Waals surface area contributed by atoms with Gasteiger partial charge in [0.1, 0.15) is 17.6 Å². The zero-order valence-corrected chi connectivity index (χ0v) is 18.7. The maximum atomic E-state index is 14.2. The normalized spacial score (nSPS) is 18.9. The van der Waals surface area contributed by atoms with Crippen LogP contribution in [0.25, 0.3) is 10.9 Å². The molecule has 1 atom stereocenters. The number of carbonyl (C=O) groups is 1. The Bertz CT molecular complexity index is 1340. The Balaban J connectivity index is 1.09. The van der Waals surface area contributed by atoms with Crippen molar-refractivity contribution in [2.75, 3.05) is 26.2 Å². The number of ether oxygens (including phenoxy) is 1. The highest BCUT2D eigenvalue weighted by molar-refractivity contribution is 6.06. The predicted molar refractivity (Wildman–Crippen MR) is 123 cm³/mol. The van der Waals surface area contributed by atoms with Gasteiger partial charge >= 0.3 is 0 Å². The second-order valence-electron chi connectivity index (χ2n) is 8.80. The summed E-state index contributed by atoms with van der Waals surface area (Å²) in [6, 6.07) is 14.4. The molecule has 2 aromatic carbocycles. The van der Waals surface area contributed by atoms with E-state index < -0.39 is 0 Å². The molecule has 1 amide bonds. The van der Waals surface area contributed by atoms with Gasteiger partial charge < -0.3 is 14.6 Å². The fourth-order valence-corrected chi connectivity index (χ4v) is 4.87. The highest BCUT2D eigenvalue weighted by atomic mass is 19.1. The summed E-state index contributed by atoms with van der Waals surface area (Å²) >= 11 is 0. The van der Waals surface area contributed by atoms with E-state index in [0.29, 0.717) is 38.3 Å². The number of rotatable bonds is 4. The standard InChI is InChI=1S/C25H25FN6O2/c26-20-6-2-1-4-19(20)24-15-32-23(16-34-24)22(28-29-32)14-30-10-12-31(13-11-30)25(33)18-5-3-7-21-17(18)8-9-27-21/h1-9,24,27H,10-16H2/t24-/m0/s1. The third-order valence-electron chi connectivity index (χ3n) is 6.79. The molecule has 0 radical (unpaired) electrons. The lowest BCUT2D eigenvalue weighted by molar-refractivity contribution is -0.00418. The largest absolute Gasteiger partial charge is 0.365 e. The highest BCUT2D eigenvalue weighted by Crippen LogP contribution is 2.29. The van der Waals surface area contributed by atoms with Crippen LogP contribution < -0.4 is 0 Å². The minimum atomic E-state index is -0.373. The average Bonchev–Trinajstić information content (AvgIpc) is 3.51. The number of aromatic nitrogens is 4. The molecule has 174 valence electrons. The third kappa shape index (κ3) is 3.76. The number of benzene rings is 2. The Morgan fingerprint density at radius 1 is 1.09 bits per heavy atom. The summed E-state index contributed by atoms with van der Waals surface area (Å²) < 4.78 is 22.0. The molecular formula is C25H25FN6O2. The first kappa shape index (κ1) is 21.0. The number of aromatic amines is 1. The number of hydrogen-bond acceptors (Lipinski definition) is 5. The van der Waals surface area contributed by atoms with Crippen molar-refractivity contribution in [3.8, 4) is 0 Å². The predicted octanol–water partition coefficient (Wildman–Crippen LogP) is 3.13. The Hall–Kier alpha value is -3.56. The lowest BCUT2D eigenvalue weighted by atomic mass is 10.1. The van der Waals surface area contributed by atoms with Crippen molar-refractivity contribution in [2.24, 2.45) is 0 Å². The maximum absolute atomic E-state index is 14.2. The lowest BCUT2D eigenvalue weighted by Gasteiger charge is -2.34. The van der Waals surface area contributed by atoms with E-state index in [4.69, 9.17) is 4.74 Å². The Labute approximate surface area is 195 Å². The summed E-state index contributed by atoms with van der Waals surface area (Å²) in [5, 5.41) is 9.65. The van der Waals surface area contributed by atoms with Gasteiger partial charge in [0.25, 0.3) is 5.91 Å². The first-order valence-electron chi connectivity index (χ1n) is 11.5. The molecule has 0 unspecified atom stereocenters. The van der Waals surface area contributed by atoms with Gasteiger partial charge in [-0.3, -0.25) is 9.69 Å². The number of carbonyl (C=O) groups excluding carboxylic acids is 1. The van der Waals surface area contributed by atoms with Gasteiger partial charge in [0.2, 0.25) is 0 Å². The first-order valence-corrected chi connectivity index (χ1v) is 11.5. The molecule has 8 nitrogen and oxygen atoms in total. The van der Waals surface area contributed by atoms with E-state index in [0.717, 1.165) is 40.9 Å². The van der Waals surface area contributed by atoms with Gasteiger partial charge in [0.05, 0.1) is 18.8 Å². The van der Waals surface area contributed by atoms with Gasteiger partial charge in [-0.05, 0) is 24.3 Å². The molecule has 2 aliphatic heterocycles. The molecule has 0 saturated carbocycles. The summed E-state index contributed by atoms with van der Waals surface area (Å²) in [6.45, 7) is 4.29. The van der Waals surface area contributed by atoms with E-state index in [1.807, 2.05) is 46.1 Å². The highest BCUT2D eigenvalue weighted by Gasteiger charge is 2.29. The smallest absolute Gasteiger partial charge is 0.254 e. The molecule has 1 saturated heterocycles. The SMILES string of the molecule is O=C(c1cccc2[nH]ccc12)N1CCN(Cc2nnn3c2CO[C@H](c2ccccc2F)C3)CC1. The minimum Gasteiger partial charge on any atom is -0.365 e. The molecule has 2 aliphatic rings. The minimum absolute atomic E-state index is 0.0680. The lowest BCUT2D eigenvalue weighted by Crippen LogP contribution is -2.48. The van der Waals surface area contributed by atoms with Crippen molar-refractivity contribution in [1.29, 1.82) is 0 Å². The molecule has 9 heteroatoms. The van der Waals surface area contributed by atoms with Crippen LogP contribution in [-0.4, -0.2) is 61.9 Å². The molecule has 4 heterocycles. The Morgan fingerprint density at radius 3 is 2.79 bits per heavy atom. The van der Waals surface area contributed by atoms with E-state index in [9.17, 15) is 9.18 Å². The monoisotopic (exact) mass is 460 g/mol. The van der Waals surface area contributed by atoms with Crippen molar-refractivity contribution in [3.05, 3.63) is 83.1 Å². The molecule has 0 spiro atoms. The van der Waals surface area contributed by atoms with E-state index in [2.05, 4.69) is 20.2 Å². The van der Waals surface area contributed by atoms with Gasteiger partial charge in [-0.25, -0.2) is 9.07 Å². The number of halogens is 1. The summed E-state index contributed by atoms with van der Waals surface area (Å²) in [5.74, 6) is -0.199. The molecule has 0 bridgehead atoms. The number of amides is 1. The summed E-state index contributed by atoms with van der Waals surface area (Å²) in [4.78, 5) is 20.5. The van der Waals surface area contributed by atoms with E-state index in [1.54, 1.807) is 12.1 Å². The number of nitrogens with one attached hydrogen (secondary N) is 1. The van der Waals surface area contributed by atoms with Crippen LogP contribution >= 0.6 is 0 Å². The van der Waals surface area contributed by atoms with Gasteiger partial charge in [-0.1, -0.05) is 29.5 Å². The number of nitrogens with zero attached hydrogens (tertiary/aromatic N) is 5. The van der Waals surface area contributed by atoms with Crippen molar-refractivity contribution in [1.82, 2.24) is 29.8 Å². The molecule has 6 rings (SSSR count). The number of H-pyrrole nitrogens is 1. The van der Waals surface area contributed by atoms with Crippen LogP contribution in [0.15, 0.2) is 54.7 Å². The second-order valence-corrected chi connectivity index (χ2v) is 8.80. The van der Waals surface area contributed by atoms with Crippen LogP contribution in [0.1, 0.15) is 33.4 Å². The fourth-order valence-electron chi connectivity index (χ4n) is 4.87. The number of fused-ring (bicyclic) bond motifs is 2. The van der Waals surface area contributed by atoms with Gasteiger partial charge in [-0.2, -0.15) is 0 Å². The van der Waals surface area contributed by atoms with Gasteiger partial charge in [-0.15, -0.1) is 5.10 Å². The molecule has 1 N–H and O–H groups in total. The quantitative estimate of drug-likeness (QED) is 0.506. The van der Waals surface area contributed by atoms with E-state index >= 15 is 0 Å². The molecule has 34 heavy (non-hydrogen) atoms. The second kappa shape index (κ2) is 8.66. The van der Waals surface area contributed by atoms with Crippen molar-refractivity contribution < 1.29 is 13.9 Å². The van der Waals surface area contributed by atoms with Crippen LogP contribution in [0.3, 0.4) is 0 Å². The zero-order chi connectivity index (χ0) is 23.1. The van der Waals surface area contributed by atoms with Crippen LogP contribution in [0.4, 0.5) is 4.39 Å². The third-order valence-corrected chi connectivity index (χ3v) is 6.79. The number of hydrogen-bond donors (Lipinski definition) is 1. The van der Waals surface area contributed by atoms with Gasteiger partial charge in [0, 0.05) is 61.0 Å². The van der Waals surface area contributed by atoms with Crippen LogP contribution in [0.5, 0.6) is 0 Å². The molecule has 1 fully saturated rings. The fraction of sp³-hybridized carbons (Fsp3) is 0.320. The topological polar surface area (TPSA) is 79.3 Å². The maximum Gasteiger partial charge on any atom is 0.254 e. The summed E-state index contributed by atoms with van der Waals surface area (Å²) in [6.07, 6.45) is 1.49. The Kier molecular flexibility index (Phi) is 5.35. The van der Waals surface area contributed by atoms with Crippen molar-refractivity contribution >= 4 is 16.8 Å². The number of piperazine rings is 1. The molecule has 0 aliphatic carbocycles. The molecule has 2 aromatic heterocycles. The molecular weight excluding hydrogens is 435 g/mol. The van der Waals surface area contributed by atoms with Crippen molar-refractivity contribution in [3.63, 3.8) is 0 Å². The van der Waals surface area contributed by atoms with Crippen LogP contribution in [-0.2, 0) is 24.4 Å². The summed E-state index contributed by atoms with van der Waals surface area (Å²) in [7, 11) is 0. The van der Waals surface area contributed by atoms with Gasteiger partial charge in [0.15, 0.2) is 0 Å². The van der Waals surface area contributed by atoms with E-state index in [-0.39, 0.29) is 17.8 Å². The summed E-state index contributed by atoms with van der Waals surface area (Å²) in [5.41, 5.74) is 4.07. The van der Waals surface area contributed by atoms with Crippen molar-refractivity contribution in [2.45, 2.75) is 25.8 Å². The Morgan fingerprint density at radius 2 is 1.94 bits per heavy atom. The average molecular weight is 461 g/mol. The zero-order valence-electron chi connectivity index (χ0n) is 18.7. The van der Waals surface area contributed by atoms with Crippen LogP contribution in [0.2, 0.25) is 0 Å². The molecule has 4 aromatic rings. The van der Waals surface area contributed by atoms with E-state index in [1.165, 1.54) is 6.07 Å².